The monoisotopic (exact) mass is 342 g/mol. The molecule has 24 heavy (non-hydrogen) atoms. The van der Waals surface area contributed by atoms with Gasteiger partial charge in [-0.2, -0.15) is 0 Å². The van der Waals surface area contributed by atoms with E-state index in [-0.39, 0.29) is 0 Å². The largest absolute Gasteiger partial charge is 0.351 e. The van der Waals surface area contributed by atoms with Crippen molar-refractivity contribution in [2.45, 2.75) is 106 Å². The molecule has 0 aliphatic heterocycles. The first-order valence-electron chi connectivity index (χ1n) is 9.60. The molecule has 0 rings (SSSR count). The Morgan fingerprint density at radius 1 is 0.667 bits per heavy atom. The Morgan fingerprint density at radius 3 is 1.58 bits per heavy atom. The summed E-state index contributed by atoms with van der Waals surface area (Å²) in [6, 6.07) is 0. The first-order chi connectivity index (χ1) is 10.8. The normalized spacial score (nSPS) is 13.3. The highest BCUT2D eigenvalue weighted by molar-refractivity contribution is 5.78. The molecule has 0 saturated carbocycles. The number of carbonyl (C=O) groups is 1. The second-order valence-electron chi connectivity index (χ2n) is 9.82. The summed E-state index contributed by atoms with van der Waals surface area (Å²) in [5.41, 5.74) is 0.666. The predicted molar refractivity (Wildman–Crippen MR) is 102 cm³/mol. The zero-order valence-corrected chi connectivity index (χ0v) is 17.6. The van der Waals surface area contributed by atoms with Gasteiger partial charge in [0.25, 0.3) is 0 Å². The highest BCUT2D eigenvalue weighted by Crippen LogP contribution is 2.23. The Balaban J connectivity index is 3.72. The average Bonchev–Trinajstić information content (AvgIpc) is 2.37. The van der Waals surface area contributed by atoms with E-state index in [0.29, 0.717) is 36.1 Å². The first kappa shape index (κ1) is 23.6. The third-order valence-electron chi connectivity index (χ3n) is 3.95. The molecule has 144 valence electrons. The van der Waals surface area contributed by atoms with Crippen LogP contribution in [0.15, 0.2) is 0 Å². The first-order valence-corrected chi connectivity index (χ1v) is 9.60. The highest BCUT2D eigenvalue weighted by Gasteiger charge is 2.19. The van der Waals surface area contributed by atoms with Gasteiger partial charge < -0.3 is 9.47 Å². The van der Waals surface area contributed by atoms with Gasteiger partial charge in [0, 0.05) is 12.8 Å². The van der Waals surface area contributed by atoms with Crippen LogP contribution in [0.2, 0.25) is 0 Å². The third kappa shape index (κ3) is 16.4. The van der Waals surface area contributed by atoms with Gasteiger partial charge in [-0.25, -0.2) is 0 Å². The van der Waals surface area contributed by atoms with E-state index in [1.165, 1.54) is 0 Å². The fourth-order valence-electron chi connectivity index (χ4n) is 2.49. The Labute approximate surface area is 150 Å². The van der Waals surface area contributed by atoms with Crippen LogP contribution in [0.1, 0.15) is 100 Å². The minimum atomic E-state index is -0.562. The maximum atomic E-state index is 11.9. The van der Waals surface area contributed by atoms with Crippen molar-refractivity contribution >= 4 is 5.78 Å². The van der Waals surface area contributed by atoms with Crippen LogP contribution in [0.25, 0.3) is 0 Å². The molecule has 3 heteroatoms. The summed E-state index contributed by atoms with van der Waals surface area (Å²) in [6.07, 6.45) is 6.38. The Hall–Kier alpha value is -0.410. The maximum absolute atomic E-state index is 11.9. The van der Waals surface area contributed by atoms with E-state index >= 15 is 0 Å². The minimum absolute atomic E-state index is 0.317. The minimum Gasteiger partial charge on any atom is -0.351 e. The molecule has 0 spiro atoms. The van der Waals surface area contributed by atoms with Crippen molar-refractivity contribution in [1.82, 2.24) is 0 Å². The van der Waals surface area contributed by atoms with Gasteiger partial charge in [-0.1, -0.05) is 41.5 Å². The number of carbonyl (C=O) groups excluding carboxylic acids is 1. The van der Waals surface area contributed by atoms with Crippen LogP contribution in [0.4, 0.5) is 0 Å². The van der Waals surface area contributed by atoms with E-state index < -0.39 is 5.79 Å². The summed E-state index contributed by atoms with van der Waals surface area (Å²) in [7, 11) is 0. The van der Waals surface area contributed by atoms with E-state index in [1.807, 2.05) is 13.8 Å². The number of ether oxygens (including phenoxy) is 2. The second kappa shape index (κ2) is 10.6. The lowest BCUT2D eigenvalue weighted by Crippen LogP contribution is -2.29. The summed E-state index contributed by atoms with van der Waals surface area (Å²) >= 11 is 0. The number of hydrogen-bond donors (Lipinski definition) is 0. The Kier molecular flexibility index (Phi) is 10.4. The lowest BCUT2D eigenvalue weighted by atomic mass is 9.89. The molecule has 0 heterocycles. The molecule has 0 atom stereocenters. The van der Waals surface area contributed by atoms with Crippen molar-refractivity contribution in [2.24, 2.45) is 10.8 Å². The molecule has 0 aliphatic carbocycles. The molecule has 0 fully saturated rings. The van der Waals surface area contributed by atoms with Crippen molar-refractivity contribution in [3.05, 3.63) is 0 Å². The molecule has 0 aromatic heterocycles. The van der Waals surface area contributed by atoms with Crippen LogP contribution < -0.4 is 0 Å². The lowest BCUT2D eigenvalue weighted by Gasteiger charge is -2.26. The molecular weight excluding hydrogens is 300 g/mol. The summed E-state index contributed by atoms with van der Waals surface area (Å²) in [5, 5.41) is 0. The molecule has 0 radical (unpaired) electrons. The van der Waals surface area contributed by atoms with Crippen molar-refractivity contribution in [3.8, 4) is 0 Å². The van der Waals surface area contributed by atoms with Crippen LogP contribution in [0.5, 0.6) is 0 Å². The van der Waals surface area contributed by atoms with Gasteiger partial charge in [-0.3, -0.25) is 4.79 Å². The van der Waals surface area contributed by atoms with Gasteiger partial charge in [0.15, 0.2) is 5.79 Å². The van der Waals surface area contributed by atoms with E-state index in [9.17, 15) is 4.79 Å². The van der Waals surface area contributed by atoms with Crippen LogP contribution >= 0.6 is 0 Å². The quantitative estimate of drug-likeness (QED) is 0.315. The van der Waals surface area contributed by atoms with Gasteiger partial charge in [-0.15, -0.1) is 0 Å². The summed E-state index contributed by atoms with van der Waals surface area (Å²) in [5.74, 6) is -0.209. The number of ketones is 1. The van der Waals surface area contributed by atoms with Gasteiger partial charge in [0.1, 0.15) is 5.78 Å². The zero-order chi connectivity index (χ0) is 18.9. The molecule has 0 aromatic rings. The van der Waals surface area contributed by atoms with Gasteiger partial charge in [0.2, 0.25) is 0 Å². The molecule has 0 saturated heterocycles. The second-order valence-corrected chi connectivity index (χ2v) is 9.82. The number of hydrogen-bond acceptors (Lipinski definition) is 3. The maximum Gasteiger partial charge on any atom is 0.162 e. The van der Waals surface area contributed by atoms with Crippen molar-refractivity contribution in [1.29, 1.82) is 0 Å². The highest BCUT2D eigenvalue weighted by atomic mass is 16.7. The fraction of sp³-hybridized carbons (Fsp3) is 0.952. The van der Waals surface area contributed by atoms with Gasteiger partial charge in [-0.05, 0) is 56.8 Å². The Morgan fingerprint density at radius 2 is 1.08 bits per heavy atom. The summed E-state index contributed by atoms with van der Waals surface area (Å²) in [4.78, 5) is 11.9. The topological polar surface area (TPSA) is 35.5 Å². The number of Topliss-reactive ketones (excluding diaryl/α,β-unsaturated/α-hetero) is 1. The van der Waals surface area contributed by atoms with Crippen molar-refractivity contribution < 1.29 is 14.3 Å². The third-order valence-corrected chi connectivity index (χ3v) is 3.95. The van der Waals surface area contributed by atoms with Gasteiger partial charge >= 0.3 is 0 Å². The fourth-order valence-corrected chi connectivity index (χ4v) is 2.49. The van der Waals surface area contributed by atoms with Crippen LogP contribution in [0.3, 0.4) is 0 Å². The Bertz CT molecular complexity index is 345. The average molecular weight is 343 g/mol. The van der Waals surface area contributed by atoms with Crippen LogP contribution in [-0.4, -0.2) is 24.8 Å². The molecule has 3 nitrogen and oxygen atoms in total. The smallest absolute Gasteiger partial charge is 0.162 e. The molecule has 0 unspecified atom stereocenters. The van der Waals surface area contributed by atoms with E-state index in [4.69, 9.17) is 9.47 Å². The lowest BCUT2D eigenvalue weighted by molar-refractivity contribution is -0.214. The molecule has 0 amide bonds. The zero-order valence-electron chi connectivity index (χ0n) is 17.6. The SMILES string of the molecule is CC(C)(C)CCCOC(C)(C)OCCCC(=O)CCCC(C)(C)C. The van der Waals surface area contributed by atoms with Crippen molar-refractivity contribution in [2.75, 3.05) is 13.2 Å². The van der Waals surface area contributed by atoms with E-state index in [2.05, 4.69) is 41.5 Å². The van der Waals surface area contributed by atoms with Crippen molar-refractivity contribution in [3.63, 3.8) is 0 Å². The van der Waals surface area contributed by atoms with Crippen LogP contribution in [0, 0.1) is 10.8 Å². The molecule has 0 N–H and O–H groups in total. The van der Waals surface area contributed by atoms with Crippen LogP contribution in [-0.2, 0) is 14.3 Å². The number of rotatable bonds is 12. The van der Waals surface area contributed by atoms with E-state index in [1.54, 1.807) is 0 Å². The molecular formula is C21H42O3. The van der Waals surface area contributed by atoms with E-state index in [0.717, 1.165) is 38.7 Å². The summed E-state index contributed by atoms with van der Waals surface area (Å²) < 4.78 is 11.6. The molecule has 0 bridgehead atoms. The standard InChI is InChI=1S/C21H42O3/c1-19(2,3)14-9-12-18(22)13-10-16-23-21(7,8)24-17-11-15-20(4,5)6/h9-17H2,1-8H3. The molecule has 0 aliphatic rings. The van der Waals surface area contributed by atoms with Gasteiger partial charge in [0.05, 0.1) is 13.2 Å². The summed E-state index contributed by atoms with van der Waals surface area (Å²) in [6.45, 7) is 18.6. The predicted octanol–water partition coefficient (Wildman–Crippen LogP) is 6.15. The molecule has 0 aromatic carbocycles.